The van der Waals surface area contributed by atoms with E-state index in [2.05, 4.69) is 9.97 Å². The highest BCUT2D eigenvalue weighted by Crippen LogP contribution is 2.24. The van der Waals surface area contributed by atoms with Crippen LogP contribution in [-0.4, -0.2) is 37.6 Å². The summed E-state index contributed by atoms with van der Waals surface area (Å²) in [6.45, 7) is 0.249. The van der Waals surface area contributed by atoms with Crippen molar-refractivity contribution in [3.05, 3.63) is 93.5 Å². The lowest BCUT2D eigenvalue weighted by Gasteiger charge is -2.23. The fraction of sp³-hybridized carbons (Fsp3) is 0.136. The first-order chi connectivity index (χ1) is 14.8. The number of carboxylic acids is 1. The largest absolute Gasteiger partial charge is 0.478 e. The van der Waals surface area contributed by atoms with E-state index in [1.165, 1.54) is 29.4 Å². The topological polar surface area (TPSA) is 100 Å². The van der Waals surface area contributed by atoms with E-state index in [0.717, 1.165) is 0 Å². The smallest absolute Gasteiger partial charge is 0.335 e. The molecule has 158 valence electrons. The zero-order valence-corrected chi connectivity index (χ0v) is 17.7. The van der Waals surface area contributed by atoms with E-state index in [9.17, 15) is 19.5 Å². The normalized spacial score (nSPS) is 10.5. The molecule has 3 aromatic rings. The number of carboxylic acid groups (broad SMARTS) is 1. The Hall–Kier alpha value is -3.29. The van der Waals surface area contributed by atoms with Gasteiger partial charge in [-0.05, 0) is 41.5 Å². The van der Waals surface area contributed by atoms with Gasteiger partial charge in [-0.15, -0.1) is 0 Å². The standard InChI is InChI=1S/C22H17Cl2N3O4/c23-17-6-5-15(10-18(17)24)13-27(12-14-3-1-4-16(9-14)22(30)31)20(29)11-19(28)21-25-7-2-8-26-21/h1-10H,11-13H2,(H,30,31). The van der Waals surface area contributed by atoms with Crippen molar-refractivity contribution in [2.45, 2.75) is 19.5 Å². The SMILES string of the molecule is O=C(O)c1cccc(CN(Cc2ccc(Cl)c(Cl)c2)C(=O)CC(=O)c2ncccn2)c1. The number of benzene rings is 2. The summed E-state index contributed by atoms with van der Waals surface area (Å²) in [7, 11) is 0. The molecule has 1 N–H and O–H groups in total. The van der Waals surface area contributed by atoms with E-state index in [4.69, 9.17) is 23.2 Å². The van der Waals surface area contributed by atoms with Gasteiger partial charge in [0.2, 0.25) is 11.7 Å². The number of rotatable bonds is 8. The number of carbonyl (C=O) groups excluding carboxylic acids is 2. The maximum Gasteiger partial charge on any atom is 0.335 e. The van der Waals surface area contributed by atoms with Crippen LogP contribution in [0.15, 0.2) is 60.9 Å². The summed E-state index contributed by atoms with van der Waals surface area (Å²) in [6, 6.07) is 12.8. The fourth-order valence-electron chi connectivity index (χ4n) is 2.89. The average Bonchev–Trinajstić information content (AvgIpc) is 2.76. The summed E-state index contributed by atoms with van der Waals surface area (Å²) in [6.07, 6.45) is 2.43. The van der Waals surface area contributed by atoms with E-state index in [1.807, 2.05) is 0 Å². The van der Waals surface area contributed by atoms with Crippen LogP contribution < -0.4 is 0 Å². The van der Waals surface area contributed by atoms with E-state index in [1.54, 1.807) is 36.4 Å². The molecule has 0 saturated carbocycles. The Morgan fingerprint density at radius 1 is 0.871 bits per heavy atom. The molecule has 0 radical (unpaired) electrons. The lowest BCUT2D eigenvalue weighted by Crippen LogP contribution is -2.32. The van der Waals surface area contributed by atoms with Crippen LogP contribution in [0.5, 0.6) is 0 Å². The molecular weight excluding hydrogens is 441 g/mol. The van der Waals surface area contributed by atoms with Gasteiger partial charge in [0, 0.05) is 25.5 Å². The van der Waals surface area contributed by atoms with Crippen LogP contribution in [0.2, 0.25) is 10.0 Å². The quantitative estimate of drug-likeness (QED) is 0.400. The van der Waals surface area contributed by atoms with Crippen LogP contribution >= 0.6 is 23.2 Å². The molecule has 1 heterocycles. The minimum absolute atomic E-state index is 0.0433. The van der Waals surface area contributed by atoms with Gasteiger partial charge in [0.15, 0.2) is 5.82 Å². The van der Waals surface area contributed by atoms with E-state index in [-0.39, 0.29) is 24.5 Å². The van der Waals surface area contributed by atoms with Crippen molar-refractivity contribution in [1.29, 1.82) is 0 Å². The molecule has 0 aliphatic heterocycles. The molecule has 2 aromatic carbocycles. The van der Waals surface area contributed by atoms with E-state index in [0.29, 0.717) is 21.2 Å². The van der Waals surface area contributed by atoms with Gasteiger partial charge in [0.05, 0.1) is 22.0 Å². The van der Waals surface area contributed by atoms with Crippen LogP contribution in [0.3, 0.4) is 0 Å². The van der Waals surface area contributed by atoms with Gasteiger partial charge in [0.1, 0.15) is 0 Å². The third-order valence-corrected chi connectivity index (χ3v) is 5.12. The van der Waals surface area contributed by atoms with E-state index >= 15 is 0 Å². The molecule has 0 bridgehead atoms. The molecule has 0 aliphatic rings. The minimum Gasteiger partial charge on any atom is -0.478 e. The summed E-state index contributed by atoms with van der Waals surface area (Å²) in [5.41, 5.74) is 1.42. The molecule has 0 saturated heterocycles. The second-order valence-electron chi connectivity index (χ2n) is 6.68. The molecule has 0 atom stereocenters. The number of Topliss-reactive ketones (excluding diaryl/α,β-unsaturated/α-hetero) is 1. The second-order valence-corrected chi connectivity index (χ2v) is 7.49. The number of ketones is 1. The first-order valence-corrected chi connectivity index (χ1v) is 9.93. The zero-order chi connectivity index (χ0) is 22.4. The van der Waals surface area contributed by atoms with Gasteiger partial charge in [-0.2, -0.15) is 0 Å². The molecule has 1 aromatic heterocycles. The molecule has 9 heteroatoms. The molecular formula is C22H17Cl2N3O4. The van der Waals surface area contributed by atoms with Crippen LogP contribution in [-0.2, 0) is 17.9 Å². The first kappa shape index (κ1) is 22.4. The van der Waals surface area contributed by atoms with Crippen LogP contribution in [0.4, 0.5) is 0 Å². The third kappa shape index (κ3) is 6.10. The van der Waals surface area contributed by atoms with Crippen LogP contribution in [0, 0.1) is 0 Å². The lowest BCUT2D eigenvalue weighted by molar-refractivity contribution is -0.131. The summed E-state index contributed by atoms with van der Waals surface area (Å²) in [5.74, 6) is -2.08. The molecule has 0 fully saturated rings. The second kappa shape index (κ2) is 10.1. The highest BCUT2D eigenvalue weighted by molar-refractivity contribution is 6.42. The zero-order valence-electron chi connectivity index (χ0n) is 16.2. The van der Waals surface area contributed by atoms with E-state index < -0.39 is 24.1 Å². The number of hydrogen-bond acceptors (Lipinski definition) is 5. The number of carbonyl (C=O) groups is 3. The van der Waals surface area contributed by atoms with Crippen molar-refractivity contribution >= 4 is 40.9 Å². The Balaban J connectivity index is 1.84. The van der Waals surface area contributed by atoms with Gasteiger partial charge in [-0.25, -0.2) is 14.8 Å². The third-order valence-electron chi connectivity index (χ3n) is 4.38. The highest BCUT2D eigenvalue weighted by atomic mass is 35.5. The van der Waals surface area contributed by atoms with Crippen LogP contribution in [0.1, 0.15) is 38.5 Å². The maximum absolute atomic E-state index is 13.0. The number of amides is 1. The Labute approximate surface area is 188 Å². The van der Waals surface area contributed by atoms with Gasteiger partial charge >= 0.3 is 5.97 Å². The number of hydrogen-bond donors (Lipinski definition) is 1. The maximum atomic E-state index is 13.0. The van der Waals surface area contributed by atoms with Gasteiger partial charge in [-0.3, -0.25) is 9.59 Å². The highest BCUT2D eigenvalue weighted by Gasteiger charge is 2.21. The predicted molar refractivity (Wildman–Crippen MR) is 115 cm³/mol. The van der Waals surface area contributed by atoms with Gasteiger partial charge < -0.3 is 10.0 Å². The van der Waals surface area contributed by atoms with Crippen molar-refractivity contribution < 1.29 is 19.5 Å². The van der Waals surface area contributed by atoms with Crippen LogP contribution in [0.25, 0.3) is 0 Å². The predicted octanol–water partition coefficient (Wildman–Crippen LogP) is 4.28. The number of aromatic carboxylic acids is 1. The molecule has 3 rings (SSSR count). The average molecular weight is 458 g/mol. The minimum atomic E-state index is -1.07. The van der Waals surface area contributed by atoms with Crippen molar-refractivity contribution in [2.75, 3.05) is 0 Å². The first-order valence-electron chi connectivity index (χ1n) is 9.17. The molecule has 7 nitrogen and oxygen atoms in total. The summed E-state index contributed by atoms with van der Waals surface area (Å²) >= 11 is 12.1. The van der Waals surface area contributed by atoms with Crippen molar-refractivity contribution in [3.63, 3.8) is 0 Å². The summed E-state index contributed by atoms with van der Waals surface area (Å²) < 4.78 is 0. The fourth-order valence-corrected chi connectivity index (χ4v) is 3.21. The number of aromatic nitrogens is 2. The number of halogens is 2. The summed E-state index contributed by atoms with van der Waals surface area (Å²) in [4.78, 5) is 45.9. The Morgan fingerprint density at radius 2 is 1.55 bits per heavy atom. The Morgan fingerprint density at radius 3 is 2.19 bits per heavy atom. The van der Waals surface area contributed by atoms with Crippen molar-refractivity contribution in [3.8, 4) is 0 Å². The molecule has 0 spiro atoms. The van der Waals surface area contributed by atoms with Crippen molar-refractivity contribution in [2.24, 2.45) is 0 Å². The summed E-state index contributed by atoms with van der Waals surface area (Å²) in [5, 5.41) is 9.95. The Kier molecular flexibility index (Phi) is 7.33. The number of nitrogens with zero attached hydrogens (tertiary/aromatic N) is 3. The van der Waals surface area contributed by atoms with Gasteiger partial charge in [0.25, 0.3) is 0 Å². The Bertz CT molecular complexity index is 1120. The molecule has 0 aliphatic carbocycles. The molecule has 1 amide bonds. The monoisotopic (exact) mass is 457 g/mol. The molecule has 31 heavy (non-hydrogen) atoms. The lowest BCUT2D eigenvalue weighted by atomic mass is 10.1. The van der Waals surface area contributed by atoms with Crippen molar-refractivity contribution in [1.82, 2.24) is 14.9 Å². The molecule has 0 unspecified atom stereocenters. The van der Waals surface area contributed by atoms with Gasteiger partial charge in [-0.1, -0.05) is 41.4 Å².